The standard InChI is InChI=1S/C35H31N11O6/c36-27-17-37-16-23(40-27)24-18-45-11-10-38-32(45)31(41-24)39-20-4-6-21(7-5-20)43-12-14-44(15-13-43)29(48)19-52-26-3-1-2-22-30(26)35(51)46(34(22)50)25-8-9-28(47)42-33(25)49/h1-7,10-11,16-18,25H,8-9,12-15,19H2,(H2,36,40)(H,39,41)(H,42,47,49). The van der Waals surface area contributed by atoms with E-state index in [0.29, 0.717) is 54.8 Å². The Kier molecular flexibility index (Phi) is 8.13. The fourth-order valence-electron chi connectivity index (χ4n) is 6.58. The van der Waals surface area contributed by atoms with E-state index in [9.17, 15) is 24.0 Å². The average molecular weight is 702 g/mol. The summed E-state index contributed by atoms with van der Waals surface area (Å²) in [5, 5.41) is 5.53. The number of imide groups is 2. The van der Waals surface area contributed by atoms with Crippen molar-refractivity contribution >= 4 is 58.2 Å². The van der Waals surface area contributed by atoms with Crippen LogP contribution >= 0.6 is 0 Å². The third-order valence-electron chi connectivity index (χ3n) is 9.20. The number of aromatic nitrogens is 5. The van der Waals surface area contributed by atoms with Gasteiger partial charge in [-0.3, -0.25) is 39.2 Å². The molecule has 0 saturated carbocycles. The Balaban J connectivity index is 0.877. The number of nitrogen functional groups attached to an aromatic ring is 1. The molecule has 4 N–H and O–H groups in total. The van der Waals surface area contributed by atoms with Gasteiger partial charge in [-0.25, -0.2) is 15.0 Å². The van der Waals surface area contributed by atoms with Gasteiger partial charge in [0, 0.05) is 62.6 Å². The Hall–Kier alpha value is -6.91. The molecule has 1 atom stereocenters. The first-order valence-corrected chi connectivity index (χ1v) is 16.5. The normalized spacial score (nSPS) is 17.4. The van der Waals surface area contributed by atoms with Crippen LogP contribution in [0.15, 0.2) is 73.4 Å². The second kappa shape index (κ2) is 13.1. The second-order valence-electron chi connectivity index (χ2n) is 12.4. The second-order valence-corrected chi connectivity index (χ2v) is 12.4. The van der Waals surface area contributed by atoms with Crippen molar-refractivity contribution in [2.24, 2.45) is 0 Å². The summed E-state index contributed by atoms with van der Waals surface area (Å²) in [5.41, 5.74) is 9.46. The summed E-state index contributed by atoms with van der Waals surface area (Å²) >= 11 is 0. The molecule has 52 heavy (non-hydrogen) atoms. The molecule has 3 aromatic heterocycles. The number of hydrogen-bond donors (Lipinski definition) is 3. The highest BCUT2D eigenvalue weighted by Crippen LogP contribution is 2.34. The number of imidazole rings is 1. The molecule has 0 spiro atoms. The quantitative estimate of drug-likeness (QED) is 0.197. The predicted molar refractivity (Wildman–Crippen MR) is 186 cm³/mol. The molecule has 3 aliphatic heterocycles. The maximum absolute atomic E-state index is 13.3. The van der Waals surface area contributed by atoms with Gasteiger partial charge in [0.15, 0.2) is 18.1 Å². The molecule has 6 heterocycles. The number of rotatable bonds is 8. The number of carbonyl (C=O) groups excluding carboxylic acids is 5. The van der Waals surface area contributed by atoms with E-state index in [1.54, 1.807) is 23.4 Å². The fourth-order valence-corrected chi connectivity index (χ4v) is 6.58. The van der Waals surface area contributed by atoms with Gasteiger partial charge >= 0.3 is 0 Å². The maximum Gasteiger partial charge on any atom is 0.266 e. The van der Waals surface area contributed by atoms with Crippen molar-refractivity contribution in [2.75, 3.05) is 48.7 Å². The van der Waals surface area contributed by atoms with Crippen LogP contribution in [0.4, 0.5) is 23.0 Å². The summed E-state index contributed by atoms with van der Waals surface area (Å²) in [5.74, 6) is -1.84. The molecule has 0 bridgehead atoms. The summed E-state index contributed by atoms with van der Waals surface area (Å²) in [7, 11) is 0. The molecular weight excluding hydrogens is 670 g/mol. The Bertz CT molecular complexity index is 2270. The third kappa shape index (κ3) is 5.97. The zero-order valence-electron chi connectivity index (χ0n) is 27.6. The SMILES string of the molecule is Nc1cncc(-c2cn3ccnc3c(Nc3ccc(N4CCN(C(=O)COc5cccc6c5C(=O)N(C5CCC(=O)NC5=O)C6=O)CC4)cc3)n2)n1. The summed E-state index contributed by atoms with van der Waals surface area (Å²) in [6.07, 6.45) is 8.45. The minimum absolute atomic E-state index is 0.00105. The van der Waals surface area contributed by atoms with Gasteiger partial charge in [-0.05, 0) is 42.8 Å². The molecule has 0 aliphatic carbocycles. The summed E-state index contributed by atoms with van der Waals surface area (Å²) in [6.45, 7) is 1.76. The number of piperidine rings is 1. The van der Waals surface area contributed by atoms with Crippen LogP contribution in [0.1, 0.15) is 33.6 Å². The Morgan fingerprint density at radius 3 is 2.54 bits per heavy atom. The van der Waals surface area contributed by atoms with E-state index in [1.807, 2.05) is 41.1 Å². The van der Waals surface area contributed by atoms with Crippen LogP contribution in [0.5, 0.6) is 5.75 Å². The molecule has 17 nitrogen and oxygen atoms in total. The number of nitrogens with zero attached hydrogens (tertiary/aromatic N) is 8. The maximum atomic E-state index is 13.3. The van der Waals surface area contributed by atoms with E-state index in [4.69, 9.17) is 15.5 Å². The van der Waals surface area contributed by atoms with E-state index < -0.39 is 29.7 Å². The van der Waals surface area contributed by atoms with Gasteiger partial charge in [-0.2, -0.15) is 0 Å². The van der Waals surface area contributed by atoms with Gasteiger partial charge in [0.2, 0.25) is 11.8 Å². The number of piperazine rings is 1. The predicted octanol–water partition coefficient (Wildman–Crippen LogP) is 1.64. The Labute approximate surface area is 295 Å². The highest BCUT2D eigenvalue weighted by molar-refractivity contribution is 6.24. The summed E-state index contributed by atoms with van der Waals surface area (Å²) in [6, 6.07) is 11.3. The number of amides is 5. The number of ether oxygens (including phenoxy) is 1. The molecule has 0 radical (unpaired) electrons. The molecule has 2 aromatic carbocycles. The van der Waals surface area contributed by atoms with Crippen LogP contribution in [0.25, 0.3) is 17.0 Å². The van der Waals surface area contributed by atoms with E-state index in [-0.39, 0.29) is 42.2 Å². The molecule has 8 rings (SSSR count). The first-order chi connectivity index (χ1) is 25.2. The van der Waals surface area contributed by atoms with E-state index in [1.165, 1.54) is 18.3 Å². The van der Waals surface area contributed by atoms with Crippen LogP contribution in [0.2, 0.25) is 0 Å². The van der Waals surface area contributed by atoms with Crippen LogP contribution in [-0.2, 0) is 14.4 Å². The number of nitrogens with one attached hydrogen (secondary N) is 2. The zero-order valence-corrected chi connectivity index (χ0v) is 27.6. The van der Waals surface area contributed by atoms with Crippen LogP contribution < -0.4 is 26.0 Å². The molecule has 262 valence electrons. The first-order valence-electron chi connectivity index (χ1n) is 16.5. The lowest BCUT2D eigenvalue weighted by atomic mass is 10.0. The molecule has 3 aliphatic rings. The van der Waals surface area contributed by atoms with Crippen molar-refractivity contribution in [2.45, 2.75) is 18.9 Å². The highest BCUT2D eigenvalue weighted by Gasteiger charge is 2.46. The zero-order chi connectivity index (χ0) is 35.9. The molecular formula is C35H31N11O6. The average Bonchev–Trinajstić information content (AvgIpc) is 3.73. The molecule has 2 saturated heterocycles. The van der Waals surface area contributed by atoms with Crippen molar-refractivity contribution in [1.29, 1.82) is 0 Å². The highest BCUT2D eigenvalue weighted by atomic mass is 16.5. The number of benzene rings is 2. The number of hydrogen-bond acceptors (Lipinski definition) is 13. The fraction of sp³-hybridized carbons (Fsp3) is 0.229. The Morgan fingerprint density at radius 1 is 0.962 bits per heavy atom. The van der Waals surface area contributed by atoms with Gasteiger partial charge in [-0.1, -0.05) is 6.07 Å². The van der Waals surface area contributed by atoms with Gasteiger partial charge in [0.25, 0.3) is 17.7 Å². The minimum atomic E-state index is -1.10. The topological polar surface area (TPSA) is 210 Å². The van der Waals surface area contributed by atoms with Crippen molar-refractivity contribution in [3.63, 3.8) is 0 Å². The molecule has 2 fully saturated rings. The van der Waals surface area contributed by atoms with Crippen LogP contribution in [0.3, 0.4) is 0 Å². The van der Waals surface area contributed by atoms with Gasteiger partial charge in [-0.15, -0.1) is 0 Å². The molecule has 5 aromatic rings. The number of carbonyl (C=O) groups is 5. The molecule has 1 unspecified atom stereocenters. The van der Waals surface area contributed by atoms with Crippen LogP contribution in [0, 0.1) is 0 Å². The smallest absolute Gasteiger partial charge is 0.266 e. The largest absolute Gasteiger partial charge is 0.483 e. The van der Waals surface area contributed by atoms with Crippen LogP contribution in [-0.4, -0.2) is 103 Å². The van der Waals surface area contributed by atoms with E-state index in [2.05, 4.69) is 30.5 Å². The molecule has 5 amide bonds. The van der Waals surface area contributed by atoms with Crippen molar-refractivity contribution < 1.29 is 28.7 Å². The number of fused-ring (bicyclic) bond motifs is 2. The summed E-state index contributed by atoms with van der Waals surface area (Å²) in [4.78, 5) is 86.0. The molecule has 17 heteroatoms. The lowest BCUT2D eigenvalue weighted by Gasteiger charge is -2.36. The van der Waals surface area contributed by atoms with Gasteiger partial charge in [0.05, 0.1) is 23.5 Å². The monoisotopic (exact) mass is 701 g/mol. The summed E-state index contributed by atoms with van der Waals surface area (Å²) < 4.78 is 7.65. The number of nitrogens with two attached hydrogens (primary N) is 1. The lowest BCUT2D eigenvalue weighted by molar-refractivity contribution is -0.136. The van der Waals surface area contributed by atoms with E-state index >= 15 is 0 Å². The van der Waals surface area contributed by atoms with Gasteiger partial charge < -0.3 is 30.0 Å². The number of anilines is 4. The van der Waals surface area contributed by atoms with E-state index in [0.717, 1.165) is 16.3 Å². The van der Waals surface area contributed by atoms with Crippen molar-refractivity contribution in [3.8, 4) is 17.1 Å². The first kappa shape index (κ1) is 32.3. The third-order valence-corrected chi connectivity index (χ3v) is 9.20. The van der Waals surface area contributed by atoms with Crippen molar-refractivity contribution in [3.05, 3.63) is 84.6 Å². The lowest BCUT2D eigenvalue weighted by Crippen LogP contribution is -2.54. The Morgan fingerprint density at radius 2 is 1.77 bits per heavy atom. The minimum Gasteiger partial charge on any atom is -0.483 e. The van der Waals surface area contributed by atoms with Gasteiger partial charge in [0.1, 0.15) is 29.0 Å². The van der Waals surface area contributed by atoms with Crippen molar-refractivity contribution in [1.82, 2.24) is 39.5 Å².